The first-order valence-corrected chi connectivity index (χ1v) is 5.12. The summed E-state index contributed by atoms with van der Waals surface area (Å²) in [4.78, 5) is 12.7. The topological polar surface area (TPSA) is 40.5 Å². The minimum absolute atomic E-state index is 0.314. The van der Waals surface area contributed by atoms with Gasteiger partial charge in [0.25, 0.3) is 0 Å². The van der Waals surface area contributed by atoms with Gasteiger partial charge in [-0.1, -0.05) is 12.8 Å². The number of likely N-dealkylation sites (tertiary alicyclic amines) is 1. The van der Waals surface area contributed by atoms with Gasteiger partial charge in [-0.3, -0.25) is 4.79 Å². The first-order valence-electron chi connectivity index (χ1n) is 5.12. The fourth-order valence-electron chi connectivity index (χ4n) is 1.98. The van der Waals surface area contributed by atoms with Gasteiger partial charge in [0.2, 0.25) is 0 Å². The molecule has 1 unspecified atom stereocenters. The van der Waals surface area contributed by atoms with E-state index in [0.29, 0.717) is 12.5 Å². The number of carboxylic acid groups (broad SMARTS) is 1. The molecule has 1 aliphatic heterocycles. The standard InChI is InChI=1S/C10H19NO2/c1-11-8-4-2-3-5-9(11)6-7-10(12)13/h9H,2-8H2,1H3,(H,12,13). The molecule has 1 saturated heterocycles. The second-order valence-electron chi connectivity index (χ2n) is 3.92. The largest absolute Gasteiger partial charge is 0.481 e. The number of hydrogen-bond donors (Lipinski definition) is 1. The minimum Gasteiger partial charge on any atom is -0.481 e. The van der Waals surface area contributed by atoms with Crippen LogP contribution in [0.3, 0.4) is 0 Å². The van der Waals surface area contributed by atoms with Crippen molar-refractivity contribution in [2.75, 3.05) is 13.6 Å². The Bertz CT molecular complexity index is 170. The summed E-state index contributed by atoms with van der Waals surface area (Å²) in [7, 11) is 2.11. The third-order valence-electron chi connectivity index (χ3n) is 2.86. The molecule has 3 heteroatoms. The van der Waals surface area contributed by atoms with E-state index in [1.807, 2.05) is 0 Å². The lowest BCUT2D eigenvalue weighted by atomic mass is 10.1. The number of carboxylic acids is 1. The summed E-state index contributed by atoms with van der Waals surface area (Å²) < 4.78 is 0. The summed E-state index contributed by atoms with van der Waals surface area (Å²) in [5.74, 6) is -0.669. The van der Waals surface area contributed by atoms with E-state index in [0.717, 1.165) is 13.0 Å². The van der Waals surface area contributed by atoms with Crippen molar-refractivity contribution in [3.8, 4) is 0 Å². The van der Waals surface area contributed by atoms with E-state index in [1.165, 1.54) is 25.7 Å². The molecule has 1 N–H and O–H groups in total. The van der Waals surface area contributed by atoms with E-state index in [9.17, 15) is 4.79 Å². The van der Waals surface area contributed by atoms with Gasteiger partial charge in [-0.25, -0.2) is 0 Å². The SMILES string of the molecule is CN1CCCCCC1CCC(=O)O. The Hall–Kier alpha value is -0.570. The Morgan fingerprint density at radius 3 is 2.92 bits per heavy atom. The fourth-order valence-corrected chi connectivity index (χ4v) is 1.98. The molecular formula is C10H19NO2. The van der Waals surface area contributed by atoms with Crippen molar-refractivity contribution in [3.63, 3.8) is 0 Å². The summed E-state index contributed by atoms with van der Waals surface area (Å²) in [6.45, 7) is 1.13. The van der Waals surface area contributed by atoms with E-state index >= 15 is 0 Å². The molecule has 76 valence electrons. The molecule has 0 aromatic rings. The predicted molar refractivity (Wildman–Crippen MR) is 51.8 cm³/mol. The molecule has 0 aliphatic carbocycles. The molecule has 3 nitrogen and oxygen atoms in total. The van der Waals surface area contributed by atoms with Crippen LogP contribution in [0.2, 0.25) is 0 Å². The maximum Gasteiger partial charge on any atom is 0.303 e. The normalized spacial score (nSPS) is 25.5. The molecule has 0 radical (unpaired) electrons. The Morgan fingerprint density at radius 2 is 2.23 bits per heavy atom. The molecular weight excluding hydrogens is 166 g/mol. The van der Waals surface area contributed by atoms with Crippen LogP contribution in [0.4, 0.5) is 0 Å². The highest BCUT2D eigenvalue weighted by molar-refractivity contribution is 5.66. The summed E-state index contributed by atoms with van der Waals surface area (Å²) >= 11 is 0. The van der Waals surface area contributed by atoms with Gasteiger partial charge in [0.1, 0.15) is 0 Å². The van der Waals surface area contributed by atoms with Crippen molar-refractivity contribution in [3.05, 3.63) is 0 Å². The second kappa shape index (κ2) is 5.22. The molecule has 0 saturated carbocycles. The van der Waals surface area contributed by atoms with Crippen LogP contribution in [0.5, 0.6) is 0 Å². The number of carbonyl (C=O) groups is 1. The number of nitrogens with zero attached hydrogens (tertiary/aromatic N) is 1. The molecule has 1 atom stereocenters. The first kappa shape index (κ1) is 10.5. The highest BCUT2D eigenvalue weighted by Crippen LogP contribution is 2.18. The maximum atomic E-state index is 10.4. The van der Waals surface area contributed by atoms with Gasteiger partial charge in [-0.15, -0.1) is 0 Å². The molecule has 1 aliphatic rings. The Balaban J connectivity index is 2.31. The summed E-state index contributed by atoms with van der Waals surface area (Å²) in [6, 6.07) is 0.499. The van der Waals surface area contributed by atoms with Crippen molar-refractivity contribution in [2.45, 2.75) is 44.6 Å². The van der Waals surface area contributed by atoms with Crippen LogP contribution in [-0.2, 0) is 4.79 Å². The average Bonchev–Trinajstić information content (AvgIpc) is 2.27. The second-order valence-corrected chi connectivity index (χ2v) is 3.92. The number of rotatable bonds is 3. The van der Waals surface area contributed by atoms with Gasteiger partial charge in [0, 0.05) is 12.5 Å². The zero-order valence-electron chi connectivity index (χ0n) is 8.33. The highest BCUT2D eigenvalue weighted by atomic mass is 16.4. The predicted octanol–water partition coefficient (Wildman–Crippen LogP) is 1.73. The van der Waals surface area contributed by atoms with E-state index in [1.54, 1.807) is 0 Å². The third-order valence-corrected chi connectivity index (χ3v) is 2.86. The lowest BCUT2D eigenvalue weighted by Gasteiger charge is -2.24. The smallest absolute Gasteiger partial charge is 0.303 e. The van der Waals surface area contributed by atoms with Gasteiger partial charge in [-0.2, -0.15) is 0 Å². The molecule has 1 fully saturated rings. The fraction of sp³-hybridized carbons (Fsp3) is 0.900. The van der Waals surface area contributed by atoms with Gasteiger partial charge in [0.15, 0.2) is 0 Å². The zero-order valence-corrected chi connectivity index (χ0v) is 8.33. The van der Waals surface area contributed by atoms with Crippen molar-refractivity contribution < 1.29 is 9.90 Å². The van der Waals surface area contributed by atoms with Crippen LogP contribution in [0.25, 0.3) is 0 Å². The average molecular weight is 185 g/mol. The number of aliphatic carboxylic acids is 1. The molecule has 0 bridgehead atoms. The molecule has 13 heavy (non-hydrogen) atoms. The number of hydrogen-bond acceptors (Lipinski definition) is 2. The van der Waals surface area contributed by atoms with Crippen LogP contribution >= 0.6 is 0 Å². The van der Waals surface area contributed by atoms with Crippen molar-refractivity contribution in [2.24, 2.45) is 0 Å². The summed E-state index contributed by atoms with van der Waals surface area (Å²) in [6.07, 6.45) is 6.12. The van der Waals surface area contributed by atoms with Crippen molar-refractivity contribution in [1.29, 1.82) is 0 Å². The van der Waals surface area contributed by atoms with Crippen molar-refractivity contribution >= 4 is 5.97 Å². The molecule has 0 spiro atoms. The Morgan fingerprint density at radius 1 is 1.46 bits per heavy atom. The van der Waals surface area contributed by atoms with Gasteiger partial charge in [-0.05, 0) is 32.9 Å². The molecule has 0 amide bonds. The quantitative estimate of drug-likeness (QED) is 0.728. The van der Waals surface area contributed by atoms with Gasteiger partial charge in [0.05, 0.1) is 0 Å². The van der Waals surface area contributed by atoms with Crippen LogP contribution in [0, 0.1) is 0 Å². The molecule has 0 aromatic carbocycles. The molecule has 1 rings (SSSR count). The Labute approximate surface area is 79.7 Å². The van der Waals surface area contributed by atoms with Crippen LogP contribution in [0.1, 0.15) is 38.5 Å². The van der Waals surface area contributed by atoms with E-state index in [4.69, 9.17) is 5.11 Å². The highest BCUT2D eigenvalue weighted by Gasteiger charge is 2.17. The van der Waals surface area contributed by atoms with Gasteiger partial charge < -0.3 is 10.0 Å². The lowest BCUT2D eigenvalue weighted by Crippen LogP contribution is -2.31. The van der Waals surface area contributed by atoms with Crippen LogP contribution in [-0.4, -0.2) is 35.6 Å². The lowest BCUT2D eigenvalue weighted by molar-refractivity contribution is -0.137. The Kier molecular flexibility index (Phi) is 4.22. The molecule has 1 heterocycles. The van der Waals surface area contributed by atoms with Gasteiger partial charge >= 0.3 is 5.97 Å². The van der Waals surface area contributed by atoms with Crippen LogP contribution < -0.4 is 0 Å². The van der Waals surface area contributed by atoms with Crippen molar-refractivity contribution in [1.82, 2.24) is 4.90 Å². The van der Waals surface area contributed by atoms with E-state index in [2.05, 4.69) is 11.9 Å². The van der Waals surface area contributed by atoms with Crippen LogP contribution in [0.15, 0.2) is 0 Å². The monoisotopic (exact) mass is 185 g/mol. The third kappa shape index (κ3) is 3.77. The maximum absolute atomic E-state index is 10.4. The van der Waals surface area contributed by atoms with E-state index in [-0.39, 0.29) is 0 Å². The minimum atomic E-state index is -0.669. The summed E-state index contributed by atoms with van der Waals surface area (Å²) in [5.41, 5.74) is 0. The molecule has 0 aromatic heterocycles. The summed E-state index contributed by atoms with van der Waals surface area (Å²) in [5, 5.41) is 8.58. The first-order chi connectivity index (χ1) is 6.20. The van der Waals surface area contributed by atoms with E-state index < -0.39 is 5.97 Å². The zero-order chi connectivity index (χ0) is 9.68.